The molecule has 1 unspecified atom stereocenters. The highest BCUT2D eigenvalue weighted by molar-refractivity contribution is 6.01. The van der Waals surface area contributed by atoms with Crippen molar-refractivity contribution in [2.75, 3.05) is 39.4 Å². The van der Waals surface area contributed by atoms with Crippen LogP contribution in [0.2, 0.25) is 0 Å². The number of nitrogens with one attached hydrogen (secondary N) is 1. The van der Waals surface area contributed by atoms with Gasteiger partial charge in [-0.25, -0.2) is 0 Å². The summed E-state index contributed by atoms with van der Waals surface area (Å²) in [4.78, 5) is 29.6. The molecule has 1 aromatic rings. The summed E-state index contributed by atoms with van der Waals surface area (Å²) in [6, 6.07) is 5.55. The Bertz CT molecular complexity index is 694. The van der Waals surface area contributed by atoms with Crippen molar-refractivity contribution in [1.82, 2.24) is 15.1 Å². The van der Waals surface area contributed by atoms with Crippen molar-refractivity contribution < 1.29 is 14.3 Å². The summed E-state index contributed by atoms with van der Waals surface area (Å²) in [6.07, 6.45) is 5.79. The van der Waals surface area contributed by atoms with Crippen LogP contribution in [0, 0.1) is 0 Å². The highest BCUT2D eigenvalue weighted by atomic mass is 16.5. The maximum absolute atomic E-state index is 12.7. The van der Waals surface area contributed by atoms with Gasteiger partial charge in [0.1, 0.15) is 0 Å². The Morgan fingerprint density at radius 3 is 2.78 bits per heavy atom. The minimum atomic E-state index is -0.0764. The fourth-order valence-corrected chi connectivity index (χ4v) is 4.27. The van der Waals surface area contributed by atoms with Gasteiger partial charge in [-0.05, 0) is 62.5 Å². The van der Waals surface area contributed by atoms with E-state index in [2.05, 4.69) is 10.2 Å². The minimum Gasteiger partial charge on any atom is -0.379 e. The molecule has 0 bridgehead atoms. The summed E-state index contributed by atoms with van der Waals surface area (Å²) < 4.78 is 5.43. The quantitative estimate of drug-likeness (QED) is 0.860. The number of nitrogens with zero attached hydrogens (tertiary/aromatic N) is 2. The van der Waals surface area contributed by atoms with E-state index in [0.717, 1.165) is 56.8 Å². The standard InChI is InChI=1S/C21H29N3O3/c25-20(22-18-5-4-12-27-15-18)16-6-7-19-17(13-16)14-24(21(19)26)11-10-23-8-2-1-3-9-23/h6-7,13,18H,1-5,8-12,14-15H2,(H,22,25). The van der Waals surface area contributed by atoms with Crippen LogP contribution in [0.25, 0.3) is 0 Å². The second kappa shape index (κ2) is 8.40. The summed E-state index contributed by atoms with van der Waals surface area (Å²) in [6.45, 7) is 5.95. The summed E-state index contributed by atoms with van der Waals surface area (Å²) in [7, 11) is 0. The molecular weight excluding hydrogens is 342 g/mol. The first-order valence-electron chi connectivity index (χ1n) is 10.2. The summed E-state index contributed by atoms with van der Waals surface area (Å²) >= 11 is 0. The molecule has 2 amide bonds. The molecule has 1 aromatic carbocycles. The molecule has 1 N–H and O–H groups in total. The first-order valence-corrected chi connectivity index (χ1v) is 10.2. The number of benzene rings is 1. The molecule has 0 saturated carbocycles. The molecule has 146 valence electrons. The van der Waals surface area contributed by atoms with Gasteiger partial charge in [-0.15, -0.1) is 0 Å². The van der Waals surface area contributed by atoms with Crippen LogP contribution in [0.15, 0.2) is 18.2 Å². The zero-order valence-corrected chi connectivity index (χ0v) is 15.9. The van der Waals surface area contributed by atoms with E-state index in [1.54, 1.807) is 6.07 Å². The smallest absolute Gasteiger partial charge is 0.254 e. The molecule has 2 fully saturated rings. The van der Waals surface area contributed by atoms with E-state index in [0.29, 0.717) is 18.7 Å². The third kappa shape index (κ3) is 4.33. The first kappa shape index (κ1) is 18.4. The Labute approximate surface area is 160 Å². The summed E-state index contributed by atoms with van der Waals surface area (Å²) in [5.41, 5.74) is 2.34. The van der Waals surface area contributed by atoms with E-state index in [-0.39, 0.29) is 17.9 Å². The lowest BCUT2D eigenvalue weighted by Gasteiger charge is -2.28. The number of carbonyl (C=O) groups excluding carboxylic acids is 2. The van der Waals surface area contributed by atoms with Crippen LogP contribution in [0.1, 0.15) is 58.4 Å². The number of ether oxygens (including phenoxy) is 1. The van der Waals surface area contributed by atoms with Gasteiger partial charge in [0.15, 0.2) is 0 Å². The lowest BCUT2D eigenvalue weighted by Crippen LogP contribution is -2.40. The third-order valence-electron chi connectivity index (χ3n) is 5.88. The van der Waals surface area contributed by atoms with Crippen molar-refractivity contribution >= 4 is 11.8 Å². The van der Waals surface area contributed by atoms with Gasteiger partial charge in [0.2, 0.25) is 0 Å². The van der Waals surface area contributed by atoms with Gasteiger partial charge in [-0.3, -0.25) is 9.59 Å². The number of carbonyl (C=O) groups is 2. The number of piperidine rings is 1. The lowest BCUT2D eigenvalue weighted by molar-refractivity contribution is 0.0624. The zero-order chi connectivity index (χ0) is 18.6. The van der Waals surface area contributed by atoms with E-state index >= 15 is 0 Å². The molecular formula is C21H29N3O3. The van der Waals surface area contributed by atoms with Gasteiger partial charge in [-0.2, -0.15) is 0 Å². The van der Waals surface area contributed by atoms with Crippen molar-refractivity contribution in [2.45, 2.75) is 44.7 Å². The molecule has 1 atom stereocenters. The number of fused-ring (bicyclic) bond motifs is 1. The number of hydrogen-bond acceptors (Lipinski definition) is 4. The van der Waals surface area contributed by atoms with Crippen molar-refractivity contribution in [3.63, 3.8) is 0 Å². The Hall–Kier alpha value is -1.92. The number of amides is 2. The predicted molar refractivity (Wildman–Crippen MR) is 103 cm³/mol. The third-order valence-corrected chi connectivity index (χ3v) is 5.88. The van der Waals surface area contributed by atoms with E-state index < -0.39 is 0 Å². The van der Waals surface area contributed by atoms with Crippen molar-refractivity contribution in [3.8, 4) is 0 Å². The maximum Gasteiger partial charge on any atom is 0.254 e. The molecule has 0 radical (unpaired) electrons. The summed E-state index contributed by atoms with van der Waals surface area (Å²) in [5, 5.41) is 3.05. The molecule has 0 aromatic heterocycles. The van der Waals surface area contributed by atoms with Crippen molar-refractivity contribution in [3.05, 3.63) is 34.9 Å². The van der Waals surface area contributed by atoms with Crippen LogP contribution < -0.4 is 5.32 Å². The molecule has 6 nitrogen and oxygen atoms in total. The van der Waals surface area contributed by atoms with E-state index in [1.165, 1.54) is 19.3 Å². The predicted octanol–water partition coefficient (Wildman–Crippen LogP) is 2.04. The molecule has 3 aliphatic rings. The molecule has 3 heterocycles. The number of likely N-dealkylation sites (tertiary alicyclic amines) is 1. The lowest BCUT2D eigenvalue weighted by atomic mass is 10.0. The largest absolute Gasteiger partial charge is 0.379 e. The molecule has 27 heavy (non-hydrogen) atoms. The Morgan fingerprint density at radius 2 is 2.00 bits per heavy atom. The fraction of sp³-hybridized carbons (Fsp3) is 0.619. The van der Waals surface area contributed by atoms with E-state index in [1.807, 2.05) is 17.0 Å². The second-order valence-electron chi connectivity index (χ2n) is 7.89. The minimum absolute atomic E-state index is 0.0764. The van der Waals surface area contributed by atoms with Crippen molar-refractivity contribution in [2.24, 2.45) is 0 Å². The molecule has 3 aliphatic heterocycles. The molecule has 0 spiro atoms. The second-order valence-corrected chi connectivity index (χ2v) is 7.89. The first-order chi connectivity index (χ1) is 13.2. The summed E-state index contributed by atoms with van der Waals surface area (Å²) in [5.74, 6) is 0.0159. The van der Waals surface area contributed by atoms with Gasteiger partial charge in [0.25, 0.3) is 11.8 Å². The van der Waals surface area contributed by atoms with Gasteiger partial charge < -0.3 is 19.9 Å². The van der Waals surface area contributed by atoms with Crippen LogP contribution in [0.5, 0.6) is 0 Å². The molecule has 2 saturated heterocycles. The van der Waals surface area contributed by atoms with Crippen LogP contribution in [-0.2, 0) is 11.3 Å². The SMILES string of the molecule is O=C(NC1CCCOC1)c1ccc2c(c1)CN(CCN1CCCCC1)C2=O. The number of rotatable bonds is 5. The van der Waals surface area contributed by atoms with Crippen LogP contribution in [0.4, 0.5) is 0 Å². The Morgan fingerprint density at radius 1 is 1.15 bits per heavy atom. The Kier molecular flexibility index (Phi) is 5.74. The molecule has 0 aliphatic carbocycles. The van der Waals surface area contributed by atoms with E-state index in [4.69, 9.17) is 4.74 Å². The van der Waals surface area contributed by atoms with Crippen molar-refractivity contribution in [1.29, 1.82) is 0 Å². The van der Waals surface area contributed by atoms with E-state index in [9.17, 15) is 9.59 Å². The van der Waals surface area contributed by atoms with Crippen LogP contribution in [0.3, 0.4) is 0 Å². The Balaban J connectivity index is 1.35. The maximum atomic E-state index is 12.7. The monoisotopic (exact) mass is 371 g/mol. The van der Waals surface area contributed by atoms with Gasteiger partial charge in [-0.1, -0.05) is 6.42 Å². The number of hydrogen-bond donors (Lipinski definition) is 1. The molecule has 4 rings (SSSR count). The fourth-order valence-electron chi connectivity index (χ4n) is 4.27. The van der Waals surface area contributed by atoms with Crippen LogP contribution in [-0.4, -0.2) is 67.0 Å². The highest BCUT2D eigenvalue weighted by Gasteiger charge is 2.28. The van der Waals surface area contributed by atoms with Crippen LogP contribution >= 0.6 is 0 Å². The van der Waals surface area contributed by atoms with Gasteiger partial charge >= 0.3 is 0 Å². The topological polar surface area (TPSA) is 61.9 Å². The van der Waals surface area contributed by atoms with Gasteiger partial charge in [0, 0.05) is 37.4 Å². The van der Waals surface area contributed by atoms with Gasteiger partial charge in [0.05, 0.1) is 12.6 Å². The molecule has 6 heteroatoms. The highest BCUT2D eigenvalue weighted by Crippen LogP contribution is 2.24. The average Bonchev–Trinajstić information content (AvgIpc) is 3.03. The normalized spacial score (nSPS) is 23.3. The average molecular weight is 371 g/mol. The zero-order valence-electron chi connectivity index (χ0n) is 15.9.